The van der Waals surface area contributed by atoms with Gasteiger partial charge in [-0.1, -0.05) is 27.7 Å². The van der Waals surface area contributed by atoms with E-state index in [0.717, 1.165) is 26.1 Å². The van der Waals surface area contributed by atoms with Gasteiger partial charge in [-0.3, -0.25) is 4.79 Å². The van der Waals surface area contributed by atoms with Crippen molar-refractivity contribution in [3.8, 4) is 0 Å². The fourth-order valence-corrected chi connectivity index (χ4v) is 2.00. The van der Waals surface area contributed by atoms with E-state index in [2.05, 4.69) is 24.1 Å². The van der Waals surface area contributed by atoms with Gasteiger partial charge in [0.2, 0.25) is 0 Å². The number of urea groups is 1. The fourth-order valence-electron chi connectivity index (χ4n) is 2.00. The van der Waals surface area contributed by atoms with Crippen LogP contribution in [-0.2, 0) is 4.79 Å². The van der Waals surface area contributed by atoms with Crippen LogP contribution in [0.4, 0.5) is 4.79 Å². The third-order valence-corrected chi connectivity index (χ3v) is 2.89. The number of carbonyl (C=O) groups is 2. The van der Waals surface area contributed by atoms with E-state index in [-0.39, 0.29) is 18.5 Å². The summed E-state index contributed by atoms with van der Waals surface area (Å²) in [6, 6.07) is -0.298. The minimum Gasteiger partial charge on any atom is -0.480 e. The quantitative estimate of drug-likeness (QED) is 0.638. The number of likely N-dealkylation sites (N-methyl/N-ethyl adjacent to an activating group) is 1. The highest BCUT2D eigenvalue weighted by atomic mass is 16.4. The van der Waals surface area contributed by atoms with Crippen molar-refractivity contribution in [1.82, 2.24) is 15.1 Å². The zero-order chi connectivity index (χ0) is 15.5. The molecule has 0 atom stereocenters. The molecule has 0 saturated heterocycles. The van der Waals surface area contributed by atoms with Crippen LogP contribution in [-0.4, -0.2) is 66.2 Å². The summed E-state index contributed by atoms with van der Waals surface area (Å²) in [5.41, 5.74) is 0. The standard InChI is InChI=1S/C14H29N3O3/c1-5-8-16(6-2)9-7-15-14(20)17(10-12(3)4)11-13(18)19/h12H,5-11H2,1-4H3,(H,15,20)(H,18,19). The maximum atomic E-state index is 12.0. The average molecular weight is 287 g/mol. The Balaban J connectivity index is 4.20. The maximum absolute atomic E-state index is 12.0. The molecule has 2 amide bonds. The molecular weight excluding hydrogens is 258 g/mol. The van der Waals surface area contributed by atoms with Gasteiger partial charge in [0.15, 0.2) is 0 Å². The van der Waals surface area contributed by atoms with Gasteiger partial charge < -0.3 is 20.2 Å². The minimum absolute atomic E-state index is 0.243. The molecule has 0 heterocycles. The van der Waals surface area contributed by atoms with Gasteiger partial charge in [0.25, 0.3) is 0 Å². The molecule has 6 heteroatoms. The van der Waals surface area contributed by atoms with Gasteiger partial charge in [-0.15, -0.1) is 0 Å². The first-order chi connectivity index (χ1) is 9.40. The van der Waals surface area contributed by atoms with Gasteiger partial charge in [0.1, 0.15) is 6.54 Å². The van der Waals surface area contributed by atoms with Crippen LogP contribution < -0.4 is 5.32 Å². The summed E-state index contributed by atoms with van der Waals surface area (Å²) in [4.78, 5) is 26.4. The van der Waals surface area contributed by atoms with E-state index in [9.17, 15) is 9.59 Å². The number of carboxylic acids is 1. The van der Waals surface area contributed by atoms with E-state index in [0.29, 0.717) is 13.1 Å². The first kappa shape index (κ1) is 18.7. The molecule has 6 nitrogen and oxygen atoms in total. The van der Waals surface area contributed by atoms with Gasteiger partial charge >= 0.3 is 12.0 Å². The van der Waals surface area contributed by atoms with Crippen molar-refractivity contribution in [2.75, 3.05) is 39.3 Å². The maximum Gasteiger partial charge on any atom is 0.323 e. The molecule has 0 spiro atoms. The highest BCUT2D eigenvalue weighted by Crippen LogP contribution is 1.99. The Morgan fingerprint density at radius 2 is 1.85 bits per heavy atom. The van der Waals surface area contributed by atoms with E-state index in [1.807, 2.05) is 13.8 Å². The van der Waals surface area contributed by atoms with Gasteiger partial charge in [-0.05, 0) is 25.4 Å². The molecule has 0 aliphatic heterocycles. The lowest BCUT2D eigenvalue weighted by Gasteiger charge is -2.24. The zero-order valence-electron chi connectivity index (χ0n) is 13.2. The van der Waals surface area contributed by atoms with Crippen LogP contribution in [0.25, 0.3) is 0 Å². The van der Waals surface area contributed by atoms with Crippen molar-refractivity contribution in [1.29, 1.82) is 0 Å². The Morgan fingerprint density at radius 1 is 1.20 bits per heavy atom. The number of rotatable bonds is 10. The summed E-state index contributed by atoms with van der Waals surface area (Å²) >= 11 is 0. The summed E-state index contributed by atoms with van der Waals surface area (Å²) in [7, 11) is 0. The van der Waals surface area contributed by atoms with Crippen LogP contribution in [0.2, 0.25) is 0 Å². The molecular formula is C14H29N3O3. The predicted molar refractivity (Wildman–Crippen MR) is 79.9 cm³/mol. The summed E-state index contributed by atoms with van der Waals surface area (Å²) in [5, 5.41) is 11.6. The van der Waals surface area contributed by atoms with Crippen LogP contribution in [0.1, 0.15) is 34.1 Å². The van der Waals surface area contributed by atoms with Gasteiger partial charge in [-0.25, -0.2) is 4.79 Å². The monoisotopic (exact) mass is 287 g/mol. The number of amides is 2. The Hall–Kier alpha value is -1.30. The Morgan fingerprint density at radius 3 is 2.30 bits per heavy atom. The molecule has 0 saturated carbocycles. The molecule has 0 aliphatic carbocycles. The largest absolute Gasteiger partial charge is 0.480 e. The van der Waals surface area contributed by atoms with Crippen LogP contribution in [0.15, 0.2) is 0 Å². The molecule has 0 rings (SSSR count). The minimum atomic E-state index is -0.984. The first-order valence-corrected chi connectivity index (χ1v) is 7.37. The lowest BCUT2D eigenvalue weighted by Crippen LogP contribution is -2.46. The SMILES string of the molecule is CCCN(CC)CCNC(=O)N(CC(=O)O)CC(C)C. The van der Waals surface area contributed by atoms with Crippen LogP contribution in [0.3, 0.4) is 0 Å². The summed E-state index contributed by atoms with van der Waals surface area (Å²) in [6.45, 7) is 11.6. The van der Waals surface area contributed by atoms with Crippen LogP contribution in [0.5, 0.6) is 0 Å². The number of carboxylic acid groups (broad SMARTS) is 1. The summed E-state index contributed by atoms with van der Waals surface area (Å²) < 4.78 is 0. The number of carbonyl (C=O) groups excluding carboxylic acids is 1. The van der Waals surface area contributed by atoms with E-state index in [1.165, 1.54) is 4.90 Å². The van der Waals surface area contributed by atoms with Crippen LogP contribution in [0, 0.1) is 5.92 Å². The van der Waals surface area contributed by atoms with Crippen molar-refractivity contribution in [2.45, 2.75) is 34.1 Å². The lowest BCUT2D eigenvalue weighted by atomic mass is 10.2. The smallest absolute Gasteiger partial charge is 0.323 e. The Labute approximate surface area is 122 Å². The van der Waals surface area contributed by atoms with E-state index >= 15 is 0 Å². The van der Waals surface area contributed by atoms with Crippen molar-refractivity contribution in [3.05, 3.63) is 0 Å². The molecule has 0 fully saturated rings. The number of hydrogen-bond donors (Lipinski definition) is 2. The topological polar surface area (TPSA) is 72.9 Å². The highest BCUT2D eigenvalue weighted by molar-refractivity contribution is 5.80. The number of hydrogen-bond acceptors (Lipinski definition) is 3. The molecule has 0 aromatic rings. The Bertz CT molecular complexity index is 295. The van der Waals surface area contributed by atoms with Crippen molar-refractivity contribution in [3.63, 3.8) is 0 Å². The Kier molecular flexibility index (Phi) is 9.80. The zero-order valence-corrected chi connectivity index (χ0v) is 13.2. The number of aliphatic carboxylic acids is 1. The second-order valence-corrected chi connectivity index (χ2v) is 5.33. The molecule has 2 N–H and O–H groups in total. The number of nitrogens with zero attached hydrogens (tertiary/aromatic N) is 2. The van der Waals surface area contributed by atoms with Gasteiger partial charge in [0.05, 0.1) is 0 Å². The molecule has 0 bridgehead atoms. The molecule has 0 aromatic heterocycles. The van der Waals surface area contributed by atoms with Gasteiger partial charge in [0, 0.05) is 19.6 Å². The average Bonchev–Trinajstić information content (AvgIpc) is 2.35. The van der Waals surface area contributed by atoms with Gasteiger partial charge in [-0.2, -0.15) is 0 Å². The fraction of sp³-hybridized carbons (Fsp3) is 0.857. The molecule has 0 aliphatic rings. The third kappa shape index (κ3) is 8.74. The second kappa shape index (κ2) is 10.5. The first-order valence-electron chi connectivity index (χ1n) is 7.37. The third-order valence-electron chi connectivity index (χ3n) is 2.89. The molecule has 0 unspecified atom stereocenters. The van der Waals surface area contributed by atoms with E-state index in [1.54, 1.807) is 0 Å². The van der Waals surface area contributed by atoms with E-state index < -0.39 is 5.97 Å². The molecule has 20 heavy (non-hydrogen) atoms. The van der Waals surface area contributed by atoms with Crippen molar-refractivity contribution >= 4 is 12.0 Å². The molecule has 0 aromatic carbocycles. The molecule has 0 radical (unpaired) electrons. The lowest BCUT2D eigenvalue weighted by molar-refractivity contribution is -0.137. The summed E-state index contributed by atoms with van der Waals surface area (Å²) in [5.74, 6) is -0.741. The predicted octanol–water partition coefficient (Wildman–Crippen LogP) is 1.47. The van der Waals surface area contributed by atoms with Crippen molar-refractivity contribution < 1.29 is 14.7 Å². The highest BCUT2D eigenvalue weighted by Gasteiger charge is 2.17. The van der Waals surface area contributed by atoms with Crippen LogP contribution >= 0.6 is 0 Å². The molecule has 118 valence electrons. The second-order valence-electron chi connectivity index (χ2n) is 5.33. The normalized spacial score (nSPS) is 10.9. The summed E-state index contributed by atoms with van der Waals surface area (Å²) in [6.07, 6.45) is 1.08. The van der Waals surface area contributed by atoms with E-state index in [4.69, 9.17) is 5.11 Å². The number of nitrogens with one attached hydrogen (secondary N) is 1. The van der Waals surface area contributed by atoms with Crippen molar-refractivity contribution in [2.24, 2.45) is 5.92 Å².